The maximum absolute atomic E-state index is 12.7. The zero-order valence-electron chi connectivity index (χ0n) is 9.43. The van der Waals surface area contributed by atoms with Gasteiger partial charge in [0.25, 0.3) is 0 Å². The second kappa shape index (κ2) is 5.69. The Morgan fingerprint density at radius 3 is 2.22 bits per heavy atom. The first-order valence-corrected chi connectivity index (χ1v) is 6.32. The van der Waals surface area contributed by atoms with Crippen molar-refractivity contribution in [1.29, 1.82) is 0 Å². The molecule has 0 heterocycles. The van der Waals surface area contributed by atoms with Crippen molar-refractivity contribution in [2.24, 2.45) is 0 Å². The first-order chi connectivity index (χ1) is 8.65. The SMILES string of the molecule is O=C([O-])c1ccc(CSc2ccc(F)cc2)cc1. The van der Waals surface area contributed by atoms with Crippen molar-refractivity contribution >= 4 is 17.7 Å². The Bertz CT molecular complexity index is 535. The summed E-state index contributed by atoms with van der Waals surface area (Å²) in [6.07, 6.45) is 0. The molecule has 0 spiro atoms. The summed E-state index contributed by atoms with van der Waals surface area (Å²) in [6, 6.07) is 12.8. The first kappa shape index (κ1) is 12.6. The van der Waals surface area contributed by atoms with Crippen molar-refractivity contribution in [1.82, 2.24) is 0 Å². The molecule has 2 aromatic carbocycles. The summed E-state index contributed by atoms with van der Waals surface area (Å²) in [6.45, 7) is 0. The third-order valence-corrected chi connectivity index (χ3v) is 3.49. The van der Waals surface area contributed by atoms with Gasteiger partial charge in [0.2, 0.25) is 0 Å². The number of carbonyl (C=O) groups is 1. The molecule has 0 atom stereocenters. The largest absolute Gasteiger partial charge is 0.545 e. The van der Waals surface area contributed by atoms with Crippen molar-refractivity contribution in [2.45, 2.75) is 10.6 Å². The van der Waals surface area contributed by atoms with Gasteiger partial charge in [0.1, 0.15) is 5.82 Å². The minimum absolute atomic E-state index is 0.172. The Hall–Kier alpha value is -1.81. The van der Waals surface area contributed by atoms with Crippen LogP contribution < -0.4 is 5.11 Å². The lowest BCUT2D eigenvalue weighted by Crippen LogP contribution is -2.21. The molecule has 0 amide bonds. The lowest BCUT2D eigenvalue weighted by atomic mass is 10.1. The van der Waals surface area contributed by atoms with E-state index < -0.39 is 5.97 Å². The minimum Gasteiger partial charge on any atom is -0.545 e. The van der Waals surface area contributed by atoms with Crippen LogP contribution in [0.2, 0.25) is 0 Å². The van der Waals surface area contributed by atoms with Gasteiger partial charge in [-0.05, 0) is 35.4 Å². The number of benzene rings is 2. The van der Waals surface area contributed by atoms with Gasteiger partial charge in [-0.25, -0.2) is 4.39 Å². The molecule has 0 unspecified atom stereocenters. The van der Waals surface area contributed by atoms with Gasteiger partial charge in [-0.2, -0.15) is 0 Å². The van der Waals surface area contributed by atoms with Gasteiger partial charge in [-0.3, -0.25) is 0 Å². The fraction of sp³-hybridized carbons (Fsp3) is 0.0714. The molecule has 0 aliphatic carbocycles. The molecule has 2 aromatic rings. The van der Waals surface area contributed by atoms with Crippen LogP contribution in [0.4, 0.5) is 4.39 Å². The minimum atomic E-state index is -1.17. The van der Waals surface area contributed by atoms with Gasteiger partial charge in [-0.15, -0.1) is 11.8 Å². The molecule has 0 fully saturated rings. The fourth-order valence-corrected chi connectivity index (χ4v) is 2.29. The predicted molar refractivity (Wildman–Crippen MR) is 66.7 cm³/mol. The maximum atomic E-state index is 12.7. The molecule has 0 aromatic heterocycles. The molecule has 0 N–H and O–H groups in total. The lowest BCUT2D eigenvalue weighted by molar-refractivity contribution is -0.255. The van der Waals surface area contributed by atoms with Crippen LogP contribution >= 0.6 is 11.8 Å². The van der Waals surface area contributed by atoms with E-state index >= 15 is 0 Å². The molecule has 0 saturated heterocycles. The van der Waals surface area contributed by atoms with Crippen LogP contribution in [0.3, 0.4) is 0 Å². The van der Waals surface area contributed by atoms with Crippen LogP contribution in [-0.4, -0.2) is 5.97 Å². The Balaban J connectivity index is 1.97. The van der Waals surface area contributed by atoms with Gasteiger partial charge in [0.15, 0.2) is 0 Å². The summed E-state index contributed by atoms with van der Waals surface area (Å²) in [5.41, 5.74) is 1.18. The molecule has 0 bridgehead atoms. The molecule has 0 aliphatic heterocycles. The molecule has 4 heteroatoms. The lowest BCUT2D eigenvalue weighted by Gasteiger charge is -2.05. The number of carboxylic acid groups (broad SMARTS) is 1. The second-order valence-electron chi connectivity index (χ2n) is 3.73. The zero-order valence-corrected chi connectivity index (χ0v) is 10.2. The van der Waals surface area contributed by atoms with Gasteiger partial charge >= 0.3 is 0 Å². The number of halogens is 1. The summed E-state index contributed by atoms with van der Waals surface area (Å²) in [5.74, 6) is -0.718. The number of carboxylic acids is 1. The highest BCUT2D eigenvalue weighted by molar-refractivity contribution is 7.98. The zero-order chi connectivity index (χ0) is 13.0. The van der Waals surface area contributed by atoms with Crippen LogP contribution in [0, 0.1) is 5.82 Å². The van der Waals surface area contributed by atoms with E-state index in [1.54, 1.807) is 36.0 Å². The van der Waals surface area contributed by atoms with E-state index in [-0.39, 0.29) is 11.4 Å². The highest BCUT2D eigenvalue weighted by Crippen LogP contribution is 2.22. The van der Waals surface area contributed by atoms with Crippen LogP contribution in [-0.2, 0) is 5.75 Å². The molecule has 2 rings (SSSR count). The van der Waals surface area contributed by atoms with E-state index in [9.17, 15) is 14.3 Å². The standard InChI is InChI=1S/C14H11FO2S/c15-12-5-7-13(8-6-12)18-9-10-1-3-11(4-2-10)14(16)17/h1-8H,9H2,(H,16,17)/p-1. The van der Waals surface area contributed by atoms with E-state index in [2.05, 4.69) is 0 Å². The monoisotopic (exact) mass is 261 g/mol. The van der Waals surface area contributed by atoms with Crippen molar-refractivity contribution < 1.29 is 14.3 Å². The highest BCUT2D eigenvalue weighted by Gasteiger charge is 1.98. The van der Waals surface area contributed by atoms with Gasteiger partial charge < -0.3 is 9.90 Å². The molecule has 0 radical (unpaired) electrons. The average Bonchev–Trinajstić information content (AvgIpc) is 2.38. The number of aromatic carboxylic acids is 1. The first-order valence-electron chi connectivity index (χ1n) is 5.34. The normalized spacial score (nSPS) is 10.3. The average molecular weight is 261 g/mol. The summed E-state index contributed by atoms with van der Waals surface area (Å²) in [7, 11) is 0. The van der Waals surface area contributed by atoms with E-state index in [0.29, 0.717) is 5.75 Å². The quantitative estimate of drug-likeness (QED) is 0.794. The molecular formula is C14H10FO2S-. The Morgan fingerprint density at radius 1 is 1.06 bits per heavy atom. The van der Waals surface area contributed by atoms with Crippen LogP contribution in [0.25, 0.3) is 0 Å². The van der Waals surface area contributed by atoms with Crippen molar-refractivity contribution in [2.75, 3.05) is 0 Å². The molecule has 18 heavy (non-hydrogen) atoms. The molecule has 0 aliphatic rings. The smallest absolute Gasteiger partial charge is 0.123 e. The van der Waals surface area contributed by atoms with E-state index in [0.717, 1.165) is 10.5 Å². The Labute approximate surface area is 108 Å². The maximum Gasteiger partial charge on any atom is 0.123 e. The number of carbonyl (C=O) groups excluding carboxylic acids is 1. The van der Waals surface area contributed by atoms with Crippen molar-refractivity contribution in [3.63, 3.8) is 0 Å². The van der Waals surface area contributed by atoms with E-state index in [1.165, 1.54) is 24.3 Å². The summed E-state index contributed by atoms with van der Waals surface area (Å²) < 4.78 is 12.7. The fourth-order valence-electron chi connectivity index (χ4n) is 1.43. The van der Waals surface area contributed by atoms with Crippen molar-refractivity contribution in [3.8, 4) is 0 Å². The predicted octanol–water partition coefficient (Wildman–Crippen LogP) is 2.48. The van der Waals surface area contributed by atoms with E-state index in [4.69, 9.17) is 0 Å². The second-order valence-corrected chi connectivity index (χ2v) is 4.78. The third-order valence-electron chi connectivity index (χ3n) is 2.41. The number of rotatable bonds is 4. The van der Waals surface area contributed by atoms with Gasteiger partial charge in [0.05, 0.1) is 5.97 Å². The molecule has 92 valence electrons. The number of hydrogen-bond acceptors (Lipinski definition) is 3. The van der Waals surface area contributed by atoms with Gasteiger partial charge in [-0.1, -0.05) is 24.3 Å². The summed E-state index contributed by atoms with van der Waals surface area (Å²) in [5, 5.41) is 10.6. The van der Waals surface area contributed by atoms with E-state index in [1.807, 2.05) is 0 Å². The van der Waals surface area contributed by atoms with Gasteiger partial charge in [0, 0.05) is 10.6 Å². The molecule has 0 saturated carbocycles. The van der Waals surface area contributed by atoms with Crippen molar-refractivity contribution in [3.05, 3.63) is 65.5 Å². The Kier molecular flexibility index (Phi) is 3.99. The summed E-state index contributed by atoms with van der Waals surface area (Å²) in [4.78, 5) is 11.5. The molecular weight excluding hydrogens is 251 g/mol. The number of hydrogen-bond donors (Lipinski definition) is 0. The van der Waals surface area contributed by atoms with Crippen LogP contribution in [0.1, 0.15) is 15.9 Å². The number of thioether (sulfide) groups is 1. The third kappa shape index (κ3) is 3.34. The Morgan fingerprint density at radius 2 is 1.67 bits per heavy atom. The highest BCUT2D eigenvalue weighted by atomic mass is 32.2. The summed E-state index contributed by atoms with van der Waals surface area (Å²) >= 11 is 1.57. The molecule has 2 nitrogen and oxygen atoms in total. The van der Waals surface area contributed by atoms with Crippen LogP contribution in [0.15, 0.2) is 53.4 Å². The topological polar surface area (TPSA) is 40.1 Å². The van der Waals surface area contributed by atoms with Crippen LogP contribution in [0.5, 0.6) is 0 Å².